The minimum Gasteiger partial charge on any atom is -0.300 e. The third kappa shape index (κ3) is 4.19. The van der Waals surface area contributed by atoms with Gasteiger partial charge >= 0.3 is 0 Å². The van der Waals surface area contributed by atoms with Gasteiger partial charge in [0, 0.05) is 24.7 Å². The number of rotatable bonds is 6. The summed E-state index contributed by atoms with van der Waals surface area (Å²) in [5.41, 5.74) is 0.359. The van der Waals surface area contributed by atoms with Crippen molar-refractivity contribution in [2.45, 2.75) is 32.7 Å². The highest BCUT2D eigenvalue weighted by atomic mass is 32.2. The van der Waals surface area contributed by atoms with Crippen LogP contribution in [-0.2, 0) is 23.1 Å². The summed E-state index contributed by atoms with van der Waals surface area (Å²) < 4.78 is 31.1. The van der Waals surface area contributed by atoms with Crippen molar-refractivity contribution in [2.75, 3.05) is 5.75 Å². The topological polar surface area (TPSA) is 92.2 Å². The molecule has 0 atom stereocenters. The molecule has 0 aliphatic heterocycles. The Bertz CT molecular complexity index is 486. The van der Waals surface area contributed by atoms with Crippen molar-refractivity contribution in [2.24, 2.45) is 0 Å². The Labute approximate surface area is 94.0 Å². The zero-order valence-corrected chi connectivity index (χ0v) is 9.96. The van der Waals surface area contributed by atoms with Gasteiger partial charge in [0.25, 0.3) is 15.7 Å². The lowest BCUT2D eigenvalue weighted by atomic mass is 10.3. The van der Waals surface area contributed by atoms with Crippen LogP contribution in [0, 0.1) is 0 Å². The maximum atomic E-state index is 11.4. The molecule has 0 saturated carbocycles. The van der Waals surface area contributed by atoms with E-state index in [-0.39, 0.29) is 17.7 Å². The molecule has 0 radical (unpaired) electrons. The average Bonchev–Trinajstić information content (AvgIpc) is 2.52. The standard InChI is InChI=1S/C9H16N2O4S/c1-2-3-5-11-9(12)7-8(10-11)4-6-16(13,14)15/h7,10H,2-6H2,1H3,(H,13,14,15). The van der Waals surface area contributed by atoms with Gasteiger partial charge in [-0.15, -0.1) is 0 Å². The first-order valence-corrected chi connectivity index (χ1v) is 6.77. The molecule has 1 rings (SSSR count). The van der Waals surface area contributed by atoms with Crippen molar-refractivity contribution in [3.8, 4) is 0 Å². The van der Waals surface area contributed by atoms with Gasteiger partial charge in [-0.05, 0) is 6.42 Å². The Morgan fingerprint density at radius 2 is 2.19 bits per heavy atom. The molecular formula is C9H16N2O4S. The van der Waals surface area contributed by atoms with Crippen LogP contribution in [0.3, 0.4) is 0 Å². The lowest BCUT2D eigenvalue weighted by Gasteiger charge is -1.99. The van der Waals surface area contributed by atoms with Gasteiger partial charge < -0.3 is 0 Å². The lowest BCUT2D eigenvalue weighted by Crippen LogP contribution is -2.15. The summed E-state index contributed by atoms with van der Waals surface area (Å²) in [6, 6.07) is 1.36. The lowest BCUT2D eigenvalue weighted by molar-refractivity contribution is 0.482. The van der Waals surface area contributed by atoms with E-state index >= 15 is 0 Å². The molecule has 16 heavy (non-hydrogen) atoms. The van der Waals surface area contributed by atoms with Crippen molar-refractivity contribution in [3.63, 3.8) is 0 Å². The summed E-state index contributed by atoms with van der Waals surface area (Å²) >= 11 is 0. The highest BCUT2D eigenvalue weighted by Gasteiger charge is 2.08. The number of nitrogens with zero attached hydrogens (tertiary/aromatic N) is 1. The van der Waals surface area contributed by atoms with Crippen LogP contribution in [0.2, 0.25) is 0 Å². The van der Waals surface area contributed by atoms with Gasteiger partial charge in [0.2, 0.25) is 0 Å². The van der Waals surface area contributed by atoms with Gasteiger partial charge in [-0.3, -0.25) is 19.1 Å². The number of nitrogens with one attached hydrogen (secondary N) is 1. The number of unbranched alkanes of at least 4 members (excludes halogenated alkanes) is 1. The van der Waals surface area contributed by atoms with E-state index in [0.29, 0.717) is 12.2 Å². The molecule has 2 N–H and O–H groups in total. The Hall–Kier alpha value is -1.08. The van der Waals surface area contributed by atoms with E-state index in [0.717, 1.165) is 12.8 Å². The van der Waals surface area contributed by atoms with Crippen LogP contribution in [0.25, 0.3) is 0 Å². The molecular weight excluding hydrogens is 232 g/mol. The van der Waals surface area contributed by atoms with E-state index in [1.807, 2.05) is 6.92 Å². The number of hydrogen-bond acceptors (Lipinski definition) is 3. The quantitative estimate of drug-likeness (QED) is 0.713. The van der Waals surface area contributed by atoms with Crippen LogP contribution in [-0.4, -0.2) is 28.5 Å². The van der Waals surface area contributed by atoms with Crippen molar-refractivity contribution >= 4 is 10.1 Å². The number of aromatic nitrogens is 2. The molecule has 1 aromatic rings. The fourth-order valence-electron chi connectivity index (χ4n) is 1.34. The number of aromatic amines is 1. The van der Waals surface area contributed by atoms with Crippen LogP contribution in [0.4, 0.5) is 0 Å². The molecule has 0 saturated heterocycles. The summed E-state index contributed by atoms with van der Waals surface area (Å²) in [4.78, 5) is 11.4. The van der Waals surface area contributed by atoms with E-state index in [1.165, 1.54) is 10.7 Å². The minimum atomic E-state index is -3.97. The highest BCUT2D eigenvalue weighted by Crippen LogP contribution is 1.97. The molecule has 0 aliphatic rings. The Balaban J connectivity index is 2.66. The van der Waals surface area contributed by atoms with Crippen molar-refractivity contribution in [3.05, 3.63) is 22.1 Å². The molecule has 6 nitrogen and oxygen atoms in total. The van der Waals surface area contributed by atoms with Crippen LogP contribution >= 0.6 is 0 Å². The molecule has 0 bridgehead atoms. The van der Waals surface area contributed by atoms with Gasteiger partial charge in [0.05, 0.1) is 5.75 Å². The monoisotopic (exact) mass is 248 g/mol. The van der Waals surface area contributed by atoms with Gasteiger partial charge in [0.15, 0.2) is 0 Å². The maximum Gasteiger partial charge on any atom is 0.266 e. The molecule has 0 aromatic carbocycles. The van der Waals surface area contributed by atoms with E-state index < -0.39 is 10.1 Å². The molecule has 7 heteroatoms. The van der Waals surface area contributed by atoms with Gasteiger partial charge in [0.1, 0.15) is 0 Å². The predicted molar refractivity (Wildman–Crippen MR) is 60.1 cm³/mol. The normalized spacial score (nSPS) is 11.9. The van der Waals surface area contributed by atoms with Crippen molar-refractivity contribution in [1.29, 1.82) is 0 Å². The fraction of sp³-hybridized carbons (Fsp3) is 0.667. The minimum absolute atomic E-state index is 0.118. The predicted octanol–water partition coefficient (Wildman–Crippen LogP) is 0.407. The second-order valence-electron chi connectivity index (χ2n) is 3.66. The van der Waals surface area contributed by atoms with Crippen LogP contribution in [0.15, 0.2) is 10.9 Å². The number of aryl methyl sites for hydroxylation is 2. The molecule has 0 aliphatic carbocycles. The first-order chi connectivity index (χ1) is 7.42. The first-order valence-electron chi connectivity index (χ1n) is 5.16. The van der Waals surface area contributed by atoms with Crippen LogP contribution in [0.5, 0.6) is 0 Å². The van der Waals surface area contributed by atoms with Crippen molar-refractivity contribution in [1.82, 2.24) is 9.78 Å². The van der Waals surface area contributed by atoms with Gasteiger partial charge in [-0.2, -0.15) is 8.42 Å². The molecule has 1 aromatic heterocycles. The summed E-state index contributed by atoms with van der Waals surface area (Å²) in [5.74, 6) is -0.374. The fourth-order valence-corrected chi connectivity index (χ4v) is 1.81. The van der Waals surface area contributed by atoms with E-state index in [9.17, 15) is 13.2 Å². The molecule has 92 valence electrons. The van der Waals surface area contributed by atoms with Gasteiger partial charge in [-0.1, -0.05) is 13.3 Å². The summed E-state index contributed by atoms with van der Waals surface area (Å²) in [6.45, 7) is 2.62. The second-order valence-corrected chi connectivity index (χ2v) is 5.23. The SMILES string of the molecule is CCCCn1[nH]c(CCS(=O)(=O)O)cc1=O. The molecule has 0 fully saturated rings. The number of H-pyrrole nitrogens is 1. The maximum absolute atomic E-state index is 11.4. The Morgan fingerprint density at radius 1 is 1.50 bits per heavy atom. The van der Waals surface area contributed by atoms with Gasteiger partial charge in [-0.25, -0.2) is 0 Å². The Morgan fingerprint density at radius 3 is 2.75 bits per heavy atom. The largest absolute Gasteiger partial charge is 0.300 e. The molecule has 0 unspecified atom stereocenters. The first kappa shape index (κ1) is 13.0. The molecule has 0 spiro atoms. The average molecular weight is 248 g/mol. The smallest absolute Gasteiger partial charge is 0.266 e. The molecule has 1 heterocycles. The summed E-state index contributed by atoms with van der Waals surface area (Å²) in [6.07, 6.45) is 1.98. The van der Waals surface area contributed by atoms with Crippen molar-refractivity contribution < 1.29 is 13.0 Å². The molecule has 0 amide bonds. The third-order valence-electron chi connectivity index (χ3n) is 2.21. The van der Waals surface area contributed by atoms with Crippen LogP contribution in [0.1, 0.15) is 25.5 Å². The number of hydrogen-bond donors (Lipinski definition) is 2. The second kappa shape index (κ2) is 5.31. The van der Waals surface area contributed by atoms with E-state index in [4.69, 9.17) is 4.55 Å². The highest BCUT2D eigenvalue weighted by molar-refractivity contribution is 7.85. The summed E-state index contributed by atoms with van der Waals surface area (Å²) in [7, 11) is -3.97. The third-order valence-corrected chi connectivity index (χ3v) is 2.93. The zero-order valence-electron chi connectivity index (χ0n) is 9.14. The zero-order chi connectivity index (χ0) is 12.2. The summed E-state index contributed by atoms with van der Waals surface area (Å²) in [5, 5.41) is 2.82. The Kier molecular flexibility index (Phi) is 4.31. The van der Waals surface area contributed by atoms with Crippen LogP contribution < -0.4 is 5.56 Å². The van der Waals surface area contributed by atoms with E-state index in [2.05, 4.69) is 5.10 Å². The van der Waals surface area contributed by atoms with E-state index in [1.54, 1.807) is 0 Å².